The van der Waals surface area contributed by atoms with Crippen LogP contribution >= 0.6 is 11.6 Å². The second-order valence-corrected chi connectivity index (χ2v) is 5.40. The molecule has 0 unspecified atom stereocenters. The average Bonchev–Trinajstić information content (AvgIpc) is 2.88. The zero-order valence-electron chi connectivity index (χ0n) is 11.9. The summed E-state index contributed by atoms with van der Waals surface area (Å²) in [5.41, 5.74) is 1.06. The van der Waals surface area contributed by atoms with Crippen LogP contribution in [0.2, 0.25) is 5.02 Å². The Morgan fingerprint density at radius 2 is 2.35 bits per heavy atom. The average molecular weight is 294 g/mol. The van der Waals surface area contributed by atoms with E-state index in [0.717, 1.165) is 30.8 Å². The number of rotatable bonds is 4. The van der Waals surface area contributed by atoms with Gasteiger partial charge in [0.15, 0.2) is 0 Å². The highest BCUT2D eigenvalue weighted by molar-refractivity contribution is 6.32. The van der Waals surface area contributed by atoms with E-state index in [1.165, 1.54) is 0 Å². The topological polar surface area (TPSA) is 29.5 Å². The zero-order chi connectivity index (χ0) is 14.5. The van der Waals surface area contributed by atoms with Crippen molar-refractivity contribution in [2.24, 2.45) is 5.92 Å². The maximum Gasteiger partial charge on any atom is 0.219 e. The quantitative estimate of drug-likeness (QED) is 0.848. The highest BCUT2D eigenvalue weighted by Gasteiger charge is 2.21. The van der Waals surface area contributed by atoms with Gasteiger partial charge in [0.1, 0.15) is 5.75 Å². The fraction of sp³-hybridized carbons (Fsp3) is 0.438. The molecule has 3 nitrogen and oxygen atoms in total. The van der Waals surface area contributed by atoms with Crippen LogP contribution in [0.1, 0.15) is 25.8 Å². The summed E-state index contributed by atoms with van der Waals surface area (Å²) in [7, 11) is 0. The van der Waals surface area contributed by atoms with Crippen molar-refractivity contribution in [3.05, 3.63) is 34.9 Å². The minimum absolute atomic E-state index is 0.157. The summed E-state index contributed by atoms with van der Waals surface area (Å²) in [5, 5.41) is 0.630. The molecule has 4 heteroatoms. The van der Waals surface area contributed by atoms with Crippen molar-refractivity contribution in [1.82, 2.24) is 4.90 Å². The molecule has 1 amide bonds. The van der Waals surface area contributed by atoms with E-state index in [1.807, 2.05) is 30.0 Å². The smallest absolute Gasteiger partial charge is 0.219 e. The molecule has 0 radical (unpaired) electrons. The summed E-state index contributed by atoms with van der Waals surface area (Å²) in [4.78, 5) is 13.2. The minimum Gasteiger partial charge on any atom is -0.492 e. The number of hydrogen-bond acceptors (Lipinski definition) is 2. The van der Waals surface area contributed by atoms with E-state index >= 15 is 0 Å². The Balaban J connectivity index is 1.98. The molecule has 0 aliphatic carbocycles. The first-order chi connectivity index (χ1) is 9.60. The third kappa shape index (κ3) is 3.76. The zero-order valence-corrected chi connectivity index (χ0v) is 12.7. The highest BCUT2D eigenvalue weighted by Crippen LogP contribution is 2.26. The van der Waals surface area contributed by atoms with E-state index < -0.39 is 0 Å². The Kier molecular flexibility index (Phi) is 5.07. The molecule has 0 saturated carbocycles. The van der Waals surface area contributed by atoms with Gasteiger partial charge in [-0.05, 0) is 37.0 Å². The normalized spacial score (nSPS) is 18.8. The van der Waals surface area contributed by atoms with E-state index in [0.29, 0.717) is 17.5 Å². The molecule has 1 aromatic rings. The van der Waals surface area contributed by atoms with Crippen LogP contribution in [0.25, 0.3) is 6.08 Å². The second kappa shape index (κ2) is 6.80. The number of benzene rings is 1. The van der Waals surface area contributed by atoms with Crippen LogP contribution in [0.15, 0.2) is 24.3 Å². The molecule has 1 atom stereocenters. The van der Waals surface area contributed by atoms with E-state index in [4.69, 9.17) is 16.3 Å². The maximum absolute atomic E-state index is 11.3. The lowest BCUT2D eigenvalue weighted by molar-refractivity contribution is -0.127. The Morgan fingerprint density at radius 3 is 2.95 bits per heavy atom. The van der Waals surface area contributed by atoms with Gasteiger partial charge in [-0.1, -0.05) is 29.8 Å². The predicted molar refractivity (Wildman–Crippen MR) is 82.0 cm³/mol. The Morgan fingerprint density at radius 1 is 1.55 bits per heavy atom. The molecular formula is C16H20ClNO2. The first kappa shape index (κ1) is 14.9. The molecular weight excluding hydrogens is 274 g/mol. The predicted octanol–water partition coefficient (Wildman–Crippen LogP) is 3.62. The van der Waals surface area contributed by atoms with Crippen molar-refractivity contribution in [3.63, 3.8) is 0 Å². The molecule has 1 saturated heterocycles. The molecule has 1 aliphatic rings. The molecule has 0 spiro atoms. The molecule has 1 fully saturated rings. The van der Waals surface area contributed by atoms with E-state index in [9.17, 15) is 4.79 Å². The Labute approximate surface area is 125 Å². The third-order valence-corrected chi connectivity index (χ3v) is 3.78. The summed E-state index contributed by atoms with van der Waals surface area (Å²) in [5.74, 6) is 1.31. The number of halogens is 1. The molecule has 1 aliphatic heterocycles. The molecule has 1 heterocycles. The molecule has 0 aromatic heterocycles. The number of likely N-dealkylation sites (tertiary alicyclic amines) is 1. The summed E-state index contributed by atoms with van der Waals surface area (Å²) in [6.45, 7) is 5.84. The van der Waals surface area contributed by atoms with Crippen LogP contribution in [0.3, 0.4) is 0 Å². The minimum atomic E-state index is 0.157. The molecule has 20 heavy (non-hydrogen) atoms. The van der Waals surface area contributed by atoms with Crippen molar-refractivity contribution in [1.29, 1.82) is 0 Å². The number of carbonyl (C=O) groups is 1. The van der Waals surface area contributed by atoms with Crippen molar-refractivity contribution in [2.75, 3.05) is 19.7 Å². The number of nitrogens with zero attached hydrogens (tertiary/aromatic N) is 1. The van der Waals surface area contributed by atoms with Gasteiger partial charge >= 0.3 is 0 Å². The molecule has 0 N–H and O–H groups in total. The van der Waals surface area contributed by atoms with Crippen molar-refractivity contribution in [2.45, 2.75) is 20.3 Å². The number of amides is 1. The maximum atomic E-state index is 11.3. The summed E-state index contributed by atoms with van der Waals surface area (Å²) >= 11 is 6.16. The van der Waals surface area contributed by atoms with Crippen molar-refractivity contribution < 1.29 is 9.53 Å². The first-order valence-electron chi connectivity index (χ1n) is 6.96. The van der Waals surface area contributed by atoms with Gasteiger partial charge in [-0.15, -0.1) is 0 Å². The fourth-order valence-electron chi connectivity index (χ4n) is 2.37. The van der Waals surface area contributed by atoms with E-state index in [-0.39, 0.29) is 5.91 Å². The van der Waals surface area contributed by atoms with Crippen molar-refractivity contribution >= 4 is 23.6 Å². The largest absolute Gasteiger partial charge is 0.492 e. The van der Waals surface area contributed by atoms with Crippen LogP contribution in [0.4, 0.5) is 0 Å². The Bertz CT molecular complexity index is 513. The van der Waals surface area contributed by atoms with Crippen molar-refractivity contribution in [3.8, 4) is 5.75 Å². The van der Waals surface area contributed by atoms with Crippen LogP contribution < -0.4 is 4.74 Å². The van der Waals surface area contributed by atoms with Gasteiger partial charge in [0.05, 0.1) is 11.6 Å². The lowest BCUT2D eigenvalue weighted by Crippen LogP contribution is -2.25. The second-order valence-electron chi connectivity index (χ2n) is 5.00. The van der Waals surface area contributed by atoms with Gasteiger partial charge in [0.2, 0.25) is 5.91 Å². The van der Waals surface area contributed by atoms with Crippen LogP contribution in [0.5, 0.6) is 5.75 Å². The number of hydrogen-bond donors (Lipinski definition) is 0. The van der Waals surface area contributed by atoms with Gasteiger partial charge in [-0.25, -0.2) is 0 Å². The number of carbonyl (C=O) groups excluding carboxylic acids is 1. The van der Waals surface area contributed by atoms with Gasteiger partial charge < -0.3 is 9.64 Å². The molecule has 2 rings (SSSR count). The van der Waals surface area contributed by atoms with Crippen LogP contribution in [0, 0.1) is 5.92 Å². The van der Waals surface area contributed by atoms with Gasteiger partial charge in [-0.2, -0.15) is 0 Å². The summed E-state index contributed by atoms with van der Waals surface area (Å²) < 4.78 is 5.41. The van der Waals surface area contributed by atoms with Gasteiger partial charge in [-0.3, -0.25) is 4.79 Å². The Hall–Kier alpha value is -1.48. The lowest BCUT2D eigenvalue weighted by Gasteiger charge is -2.12. The highest BCUT2D eigenvalue weighted by atomic mass is 35.5. The molecule has 0 bridgehead atoms. The number of ether oxygens (including phenoxy) is 1. The van der Waals surface area contributed by atoms with Gasteiger partial charge in [0.25, 0.3) is 0 Å². The summed E-state index contributed by atoms with van der Waals surface area (Å²) in [6, 6.07) is 5.79. The monoisotopic (exact) mass is 293 g/mol. The van der Waals surface area contributed by atoms with E-state index in [2.05, 4.69) is 12.2 Å². The molecule has 1 aromatic carbocycles. The lowest BCUT2D eigenvalue weighted by atomic mass is 10.1. The standard InChI is InChI=1S/C16H20ClNO2/c1-3-20-16-7-6-13(10-15(16)17)4-5-14-8-9-18(11-14)12(2)19/h4-7,10,14H,3,8-9,11H2,1-2H3/b5-4+/t14-/m0/s1. The summed E-state index contributed by atoms with van der Waals surface area (Å²) in [6.07, 6.45) is 5.26. The molecule has 108 valence electrons. The van der Waals surface area contributed by atoms with Crippen LogP contribution in [-0.4, -0.2) is 30.5 Å². The third-order valence-electron chi connectivity index (χ3n) is 3.49. The van der Waals surface area contributed by atoms with E-state index in [1.54, 1.807) is 6.92 Å². The van der Waals surface area contributed by atoms with Crippen LogP contribution in [-0.2, 0) is 4.79 Å². The fourth-order valence-corrected chi connectivity index (χ4v) is 2.61. The van der Waals surface area contributed by atoms with Gasteiger partial charge in [0, 0.05) is 20.0 Å². The SMILES string of the molecule is CCOc1ccc(/C=C/[C@H]2CCN(C(C)=O)C2)cc1Cl. The first-order valence-corrected chi connectivity index (χ1v) is 7.34.